The topological polar surface area (TPSA) is 6.02 Å². The molecule has 0 spiro atoms. The highest BCUT2D eigenvalue weighted by atomic mass is 15.4. The Morgan fingerprint density at radius 3 is 1.47 bits per heavy atom. The standard InChI is InChI=1S/C15H28N2/c1-11(2)16-13-9-7-8-10-14(13)17(12(3)4)15(16,5)6/h13-14H,7-10H2,1-6H3/q+2. The van der Waals surface area contributed by atoms with Gasteiger partial charge in [0.15, 0.2) is 11.4 Å². The second-order valence-corrected chi connectivity index (χ2v) is 6.55. The number of fused-ring (bicyclic) bond motifs is 1. The van der Waals surface area contributed by atoms with Gasteiger partial charge in [-0.1, -0.05) is 0 Å². The minimum absolute atomic E-state index is 0.150. The van der Waals surface area contributed by atoms with Gasteiger partial charge in [0, 0.05) is 40.5 Å². The maximum atomic E-state index is 2.67. The lowest BCUT2D eigenvalue weighted by atomic mass is 9.91. The van der Waals surface area contributed by atoms with Crippen molar-refractivity contribution in [2.24, 2.45) is 0 Å². The molecule has 2 nitrogen and oxygen atoms in total. The molecule has 1 saturated carbocycles. The molecule has 0 aromatic heterocycles. The zero-order valence-electron chi connectivity index (χ0n) is 12.4. The molecule has 2 rings (SSSR count). The summed E-state index contributed by atoms with van der Waals surface area (Å²) in [7, 11) is 0. The van der Waals surface area contributed by atoms with Crippen molar-refractivity contribution >= 4 is 11.4 Å². The Balaban J connectivity index is 2.58. The highest BCUT2D eigenvalue weighted by molar-refractivity contribution is 5.75. The van der Waals surface area contributed by atoms with E-state index in [0.29, 0.717) is 0 Å². The molecular weight excluding hydrogens is 208 g/mol. The van der Waals surface area contributed by atoms with Crippen LogP contribution in [0.3, 0.4) is 0 Å². The minimum atomic E-state index is 0.150. The van der Waals surface area contributed by atoms with Gasteiger partial charge in [0.25, 0.3) is 0 Å². The molecule has 0 radical (unpaired) electrons. The van der Waals surface area contributed by atoms with Gasteiger partial charge in [0.2, 0.25) is 12.1 Å². The first-order valence-corrected chi connectivity index (χ1v) is 7.06. The molecule has 2 unspecified atom stereocenters. The van der Waals surface area contributed by atoms with Crippen LogP contribution >= 0.6 is 0 Å². The fourth-order valence-electron chi connectivity index (χ4n) is 4.38. The van der Waals surface area contributed by atoms with Gasteiger partial charge in [-0.2, -0.15) is 9.15 Å². The van der Waals surface area contributed by atoms with Gasteiger partial charge in [0.1, 0.15) is 0 Å². The van der Waals surface area contributed by atoms with E-state index in [9.17, 15) is 0 Å². The van der Waals surface area contributed by atoms with Gasteiger partial charge in [-0.25, -0.2) is 0 Å². The third-order valence-corrected chi connectivity index (χ3v) is 4.50. The summed E-state index contributed by atoms with van der Waals surface area (Å²) >= 11 is 0. The van der Waals surface area contributed by atoms with Crippen LogP contribution in [0.1, 0.15) is 67.2 Å². The summed E-state index contributed by atoms with van der Waals surface area (Å²) in [4.78, 5) is 0. The molecule has 17 heavy (non-hydrogen) atoms. The smallest absolute Gasteiger partial charge is 0.166 e. The molecule has 0 N–H and O–H groups in total. The molecule has 0 amide bonds. The highest BCUT2D eigenvalue weighted by Gasteiger charge is 2.62. The summed E-state index contributed by atoms with van der Waals surface area (Å²) in [6, 6.07) is 1.47. The van der Waals surface area contributed by atoms with E-state index in [1.165, 1.54) is 37.1 Å². The zero-order valence-corrected chi connectivity index (χ0v) is 12.4. The van der Waals surface area contributed by atoms with Crippen LogP contribution in [0.5, 0.6) is 0 Å². The van der Waals surface area contributed by atoms with E-state index in [1.807, 2.05) is 0 Å². The van der Waals surface area contributed by atoms with Crippen LogP contribution in [0.4, 0.5) is 0 Å². The van der Waals surface area contributed by atoms with Gasteiger partial charge < -0.3 is 0 Å². The van der Waals surface area contributed by atoms with E-state index in [2.05, 4.69) is 50.7 Å². The quantitative estimate of drug-likeness (QED) is 0.570. The van der Waals surface area contributed by atoms with E-state index in [-0.39, 0.29) is 5.66 Å². The third kappa shape index (κ3) is 1.86. The van der Waals surface area contributed by atoms with Crippen molar-refractivity contribution in [3.05, 3.63) is 0 Å². The molecule has 1 aliphatic heterocycles. The van der Waals surface area contributed by atoms with Crippen molar-refractivity contribution in [2.45, 2.75) is 85.0 Å². The van der Waals surface area contributed by atoms with Crippen LogP contribution in [0.2, 0.25) is 0 Å². The van der Waals surface area contributed by atoms with E-state index >= 15 is 0 Å². The van der Waals surface area contributed by atoms with Crippen LogP contribution in [-0.2, 0) is 0 Å². The van der Waals surface area contributed by atoms with Crippen LogP contribution in [0, 0.1) is 0 Å². The Morgan fingerprint density at radius 1 is 0.824 bits per heavy atom. The molecule has 2 atom stereocenters. The predicted octanol–water partition coefficient (Wildman–Crippen LogP) is 3.03. The van der Waals surface area contributed by atoms with Crippen molar-refractivity contribution in [3.63, 3.8) is 0 Å². The van der Waals surface area contributed by atoms with Crippen molar-refractivity contribution in [3.8, 4) is 0 Å². The Kier molecular flexibility index (Phi) is 3.17. The molecule has 1 saturated heterocycles. The van der Waals surface area contributed by atoms with E-state index in [1.54, 1.807) is 0 Å². The first kappa shape index (κ1) is 12.8. The van der Waals surface area contributed by atoms with Gasteiger partial charge >= 0.3 is 5.66 Å². The highest BCUT2D eigenvalue weighted by Crippen LogP contribution is 2.36. The van der Waals surface area contributed by atoms with Gasteiger partial charge in [-0.05, 0) is 12.8 Å². The van der Waals surface area contributed by atoms with E-state index in [4.69, 9.17) is 0 Å². The molecule has 2 heteroatoms. The third-order valence-electron chi connectivity index (χ3n) is 4.50. The average molecular weight is 236 g/mol. The SMILES string of the molecule is CC(C)=[N+]1C2CCCCC2[N+](=C(C)C)C1(C)C. The van der Waals surface area contributed by atoms with Gasteiger partial charge in [-0.3, -0.25) is 0 Å². The fraction of sp³-hybridized carbons (Fsp3) is 0.867. The molecule has 2 fully saturated rings. The Morgan fingerprint density at radius 2 is 1.18 bits per heavy atom. The van der Waals surface area contributed by atoms with E-state index in [0.717, 1.165) is 12.1 Å². The summed E-state index contributed by atoms with van der Waals surface area (Å²) in [6.07, 6.45) is 5.53. The normalized spacial score (nSPS) is 31.4. The Hall–Kier alpha value is -0.660. The summed E-state index contributed by atoms with van der Waals surface area (Å²) < 4.78 is 5.34. The summed E-state index contributed by atoms with van der Waals surface area (Å²) in [6.45, 7) is 13.8. The van der Waals surface area contributed by atoms with Gasteiger partial charge in [-0.15, -0.1) is 0 Å². The number of nitrogens with zero attached hydrogens (tertiary/aromatic N) is 2. The second-order valence-electron chi connectivity index (χ2n) is 6.55. The van der Waals surface area contributed by atoms with Crippen molar-refractivity contribution in [1.29, 1.82) is 0 Å². The molecular formula is C15H28N2+2. The van der Waals surface area contributed by atoms with E-state index < -0.39 is 0 Å². The largest absolute Gasteiger partial charge is 0.346 e. The predicted molar refractivity (Wildman–Crippen MR) is 73.4 cm³/mol. The molecule has 0 bridgehead atoms. The summed E-state index contributed by atoms with van der Waals surface area (Å²) in [5, 5.41) is 0. The van der Waals surface area contributed by atoms with Crippen LogP contribution in [0.15, 0.2) is 0 Å². The Labute approximate surface area is 106 Å². The molecule has 0 aromatic carbocycles. The lowest BCUT2D eigenvalue weighted by molar-refractivity contribution is -0.767. The lowest BCUT2D eigenvalue weighted by Gasteiger charge is -2.16. The molecule has 96 valence electrons. The number of hydrogen-bond donors (Lipinski definition) is 0. The van der Waals surface area contributed by atoms with Crippen LogP contribution in [-0.4, -0.2) is 38.3 Å². The maximum absolute atomic E-state index is 2.67. The number of hydrogen-bond acceptors (Lipinski definition) is 0. The van der Waals surface area contributed by atoms with Crippen molar-refractivity contribution < 1.29 is 9.15 Å². The van der Waals surface area contributed by atoms with Crippen molar-refractivity contribution in [1.82, 2.24) is 0 Å². The summed E-state index contributed by atoms with van der Waals surface area (Å²) in [5.41, 5.74) is 3.09. The molecule has 2 aliphatic rings. The lowest BCUT2D eigenvalue weighted by Crippen LogP contribution is -2.43. The van der Waals surface area contributed by atoms with Crippen LogP contribution in [0.25, 0.3) is 0 Å². The monoisotopic (exact) mass is 236 g/mol. The number of rotatable bonds is 0. The fourth-order valence-corrected chi connectivity index (χ4v) is 4.38. The van der Waals surface area contributed by atoms with Gasteiger partial charge in [0.05, 0.1) is 13.8 Å². The average Bonchev–Trinajstić information content (AvgIpc) is 2.42. The molecule has 1 heterocycles. The maximum Gasteiger partial charge on any atom is 0.346 e. The van der Waals surface area contributed by atoms with Crippen LogP contribution < -0.4 is 0 Å². The second kappa shape index (κ2) is 4.22. The molecule has 0 aromatic rings. The minimum Gasteiger partial charge on any atom is -0.166 e. The first-order valence-electron chi connectivity index (χ1n) is 7.06. The van der Waals surface area contributed by atoms with Crippen molar-refractivity contribution in [2.75, 3.05) is 0 Å². The summed E-state index contributed by atoms with van der Waals surface area (Å²) in [5.74, 6) is 0. The molecule has 1 aliphatic carbocycles. The zero-order chi connectivity index (χ0) is 12.8. The Bertz CT molecular complexity index is 344. The first-order chi connectivity index (χ1) is 7.87.